The van der Waals surface area contributed by atoms with Crippen LogP contribution in [0.25, 0.3) is 0 Å². The molecule has 0 aromatic heterocycles. The zero-order valence-electron chi connectivity index (χ0n) is 16.3. The van der Waals surface area contributed by atoms with Gasteiger partial charge in [-0.25, -0.2) is 0 Å². The Hall–Kier alpha value is -2.08. The number of rotatable bonds is 7. The molecule has 0 heterocycles. The average molecular weight is 348 g/mol. The molecule has 1 rings (SSSR count). The monoisotopic (exact) mass is 348 g/mol. The molecule has 0 aliphatic heterocycles. The molecule has 0 fully saturated rings. The molecule has 25 heavy (non-hydrogen) atoms. The van der Waals surface area contributed by atoms with E-state index in [9.17, 15) is 4.79 Å². The first-order valence-electron chi connectivity index (χ1n) is 8.64. The molecule has 0 atom stereocenters. The summed E-state index contributed by atoms with van der Waals surface area (Å²) in [5.74, 6) is 0.524. The van der Waals surface area contributed by atoms with Gasteiger partial charge in [-0.15, -0.1) is 0 Å². The minimum Gasteiger partial charge on any atom is -0.374 e. The van der Waals surface area contributed by atoms with E-state index >= 15 is 0 Å². The van der Waals surface area contributed by atoms with Crippen LogP contribution in [0.2, 0.25) is 0 Å². The number of amides is 1. The van der Waals surface area contributed by atoms with E-state index in [4.69, 9.17) is 4.74 Å². The molecule has 0 radical (unpaired) electrons. The number of hydrogen-bond donors (Lipinski definition) is 3. The highest BCUT2D eigenvalue weighted by molar-refractivity contribution is 5.86. The Morgan fingerprint density at radius 1 is 1.20 bits per heavy atom. The molecule has 0 aliphatic carbocycles. The molecule has 1 amide bonds. The Morgan fingerprint density at radius 3 is 2.48 bits per heavy atom. The second-order valence-corrected chi connectivity index (χ2v) is 7.26. The van der Waals surface area contributed by atoms with Crippen LogP contribution in [0.3, 0.4) is 0 Å². The second-order valence-electron chi connectivity index (χ2n) is 7.26. The van der Waals surface area contributed by atoms with Gasteiger partial charge in [-0.3, -0.25) is 9.79 Å². The molecular formula is C19H32N4O2. The molecule has 0 unspecified atom stereocenters. The number of aliphatic imine (C=N–C) groups is 1. The van der Waals surface area contributed by atoms with Gasteiger partial charge in [0.15, 0.2) is 5.96 Å². The summed E-state index contributed by atoms with van der Waals surface area (Å²) in [6.07, 6.45) is 0.212. The summed E-state index contributed by atoms with van der Waals surface area (Å²) in [7, 11) is 1.68. The molecule has 0 spiro atoms. The van der Waals surface area contributed by atoms with Gasteiger partial charge in [0.2, 0.25) is 5.91 Å². The zero-order valence-corrected chi connectivity index (χ0v) is 16.3. The van der Waals surface area contributed by atoms with Gasteiger partial charge in [0.1, 0.15) is 0 Å². The maximum Gasteiger partial charge on any atom is 0.239 e. The van der Waals surface area contributed by atoms with E-state index in [0.29, 0.717) is 19.1 Å². The number of carbonyl (C=O) groups is 1. The Balaban J connectivity index is 2.47. The van der Waals surface area contributed by atoms with E-state index in [1.807, 2.05) is 46.8 Å². The van der Waals surface area contributed by atoms with Crippen molar-refractivity contribution in [3.05, 3.63) is 35.4 Å². The first kappa shape index (κ1) is 21.0. The van der Waals surface area contributed by atoms with Crippen LogP contribution in [0, 0.1) is 0 Å². The quantitative estimate of drug-likeness (QED) is 0.522. The van der Waals surface area contributed by atoms with Gasteiger partial charge in [-0.2, -0.15) is 0 Å². The van der Waals surface area contributed by atoms with Gasteiger partial charge >= 0.3 is 0 Å². The molecular weight excluding hydrogens is 316 g/mol. The van der Waals surface area contributed by atoms with Crippen LogP contribution in [-0.4, -0.2) is 37.1 Å². The fourth-order valence-electron chi connectivity index (χ4n) is 2.13. The fourth-order valence-corrected chi connectivity index (χ4v) is 2.13. The predicted molar refractivity (Wildman–Crippen MR) is 102 cm³/mol. The summed E-state index contributed by atoms with van der Waals surface area (Å²) < 4.78 is 5.63. The minimum atomic E-state index is -0.242. The highest BCUT2D eigenvalue weighted by Gasteiger charge is 2.13. The number of benzene rings is 1. The molecule has 0 aliphatic rings. The molecule has 6 heteroatoms. The highest BCUT2D eigenvalue weighted by atomic mass is 16.5. The maximum atomic E-state index is 11.9. The standard InChI is InChI=1S/C19H32N4O2/c1-14(2)25-13-16-9-7-8-15(10-16)11-21-18(20-6)22-12-17(24)23-19(3,4)5/h7-10,14H,11-13H2,1-6H3,(H,23,24)(H2,20,21,22). The van der Waals surface area contributed by atoms with Crippen molar-refractivity contribution < 1.29 is 9.53 Å². The first-order chi connectivity index (χ1) is 11.7. The van der Waals surface area contributed by atoms with E-state index in [1.54, 1.807) is 7.05 Å². The molecule has 0 saturated carbocycles. The SMILES string of the molecule is CN=C(NCC(=O)NC(C)(C)C)NCc1cccc(COC(C)C)c1. The van der Waals surface area contributed by atoms with Crippen LogP contribution >= 0.6 is 0 Å². The molecule has 1 aromatic rings. The lowest BCUT2D eigenvalue weighted by molar-refractivity contribution is -0.121. The summed E-state index contributed by atoms with van der Waals surface area (Å²) in [4.78, 5) is 16.0. The van der Waals surface area contributed by atoms with Gasteiger partial charge in [0.05, 0.1) is 19.3 Å². The van der Waals surface area contributed by atoms with Crippen LogP contribution in [-0.2, 0) is 22.7 Å². The molecule has 6 nitrogen and oxygen atoms in total. The first-order valence-corrected chi connectivity index (χ1v) is 8.64. The molecule has 140 valence electrons. The van der Waals surface area contributed by atoms with Crippen LogP contribution in [0.4, 0.5) is 0 Å². The molecule has 1 aromatic carbocycles. The third-order valence-electron chi connectivity index (χ3n) is 3.19. The van der Waals surface area contributed by atoms with Gasteiger partial charge in [0, 0.05) is 19.1 Å². The third kappa shape index (κ3) is 9.72. The number of hydrogen-bond acceptors (Lipinski definition) is 3. The van der Waals surface area contributed by atoms with Crippen LogP contribution in [0.15, 0.2) is 29.3 Å². The Kier molecular flexibility index (Phi) is 8.41. The molecule has 0 saturated heterocycles. The summed E-state index contributed by atoms with van der Waals surface area (Å²) in [6, 6.07) is 8.22. The summed E-state index contributed by atoms with van der Waals surface area (Å²) in [6.45, 7) is 11.3. The van der Waals surface area contributed by atoms with E-state index in [2.05, 4.69) is 33.1 Å². The van der Waals surface area contributed by atoms with E-state index in [1.165, 1.54) is 0 Å². The zero-order chi connectivity index (χ0) is 18.9. The predicted octanol–water partition coefficient (Wildman–Crippen LogP) is 2.19. The summed E-state index contributed by atoms with van der Waals surface area (Å²) in [5, 5.41) is 9.14. The van der Waals surface area contributed by atoms with Gasteiger partial charge in [-0.05, 0) is 45.7 Å². The summed E-state index contributed by atoms with van der Waals surface area (Å²) >= 11 is 0. The lowest BCUT2D eigenvalue weighted by atomic mass is 10.1. The highest BCUT2D eigenvalue weighted by Crippen LogP contribution is 2.08. The van der Waals surface area contributed by atoms with Crippen LogP contribution in [0.1, 0.15) is 45.7 Å². The summed E-state index contributed by atoms with van der Waals surface area (Å²) in [5.41, 5.74) is 2.03. The van der Waals surface area contributed by atoms with Crippen molar-refractivity contribution in [2.45, 2.75) is 59.4 Å². The van der Waals surface area contributed by atoms with Crippen molar-refractivity contribution in [1.82, 2.24) is 16.0 Å². The van der Waals surface area contributed by atoms with Crippen molar-refractivity contribution in [1.29, 1.82) is 0 Å². The van der Waals surface area contributed by atoms with E-state index in [-0.39, 0.29) is 24.1 Å². The van der Waals surface area contributed by atoms with Gasteiger partial charge in [0.25, 0.3) is 0 Å². The Bertz CT molecular complexity index is 577. The van der Waals surface area contributed by atoms with Gasteiger partial charge < -0.3 is 20.7 Å². The van der Waals surface area contributed by atoms with Gasteiger partial charge in [-0.1, -0.05) is 24.3 Å². The van der Waals surface area contributed by atoms with Crippen molar-refractivity contribution in [2.24, 2.45) is 4.99 Å². The van der Waals surface area contributed by atoms with Crippen LogP contribution in [0.5, 0.6) is 0 Å². The Labute approximate surface area is 151 Å². The normalized spacial score (nSPS) is 12.2. The molecule has 0 bridgehead atoms. The van der Waals surface area contributed by atoms with E-state index < -0.39 is 0 Å². The number of ether oxygens (including phenoxy) is 1. The molecule has 3 N–H and O–H groups in total. The number of nitrogens with zero attached hydrogens (tertiary/aromatic N) is 1. The Morgan fingerprint density at radius 2 is 1.88 bits per heavy atom. The smallest absolute Gasteiger partial charge is 0.239 e. The maximum absolute atomic E-state index is 11.9. The van der Waals surface area contributed by atoms with Crippen molar-refractivity contribution in [3.8, 4) is 0 Å². The number of carbonyl (C=O) groups excluding carboxylic acids is 1. The fraction of sp³-hybridized carbons (Fsp3) is 0.579. The van der Waals surface area contributed by atoms with Crippen LogP contribution < -0.4 is 16.0 Å². The van der Waals surface area contributed by atoms with E-state index in [0.717, 1.165) is 11.1 Å². The topological polar surface area (TPSA) is 74.8 Å². The minimum absolute atomic E-state index is 0.0664. The number of guanidine groups is 1. The lowest BCUT2D eigenvalue weighted by Gasteiger charge is -2.21. The van der Waals surface area contributed by atoms with Crippen molar-refractivity contribution in [2.75, 3.05) is 13.6 Å². The average Bonchev–Trinajstić information content (AvgIpc) is 2.52. The lowest BCUT2D eigenvalue weighted by Crippen LogP contribution is -2.48. The van der Waals surface area contributed by atoms with Crippen molar-refractivity contribution in [3.63, 3.8) is 0 Å². The largest absolute Gasteiger partial charge is 0.374 e. The third-order valence-corrected chi connectivity index (χ3v) is 3.19. The second kappa shape index (κ2) is 10.0. The van der Waals surface area contributed by atoms with Crippen molar-refractivity contribution >= 4 is 11.9 Å². The number of nitrogens with one attached hydrogen (secondary N) is 3.